The van der Waals surface area contributed by atoms with Gasteiger partial charge in [0.15, 0.2) is 5.84 Å². The molecule has 1 aromatic rings. The summed E-state index contributed by atoms with van der Waals surface area (Å²) in [6.07, 6.45) is -2.62. The fraction of sp³-hybridized carbons (Fsp3) is 0.250. The molecule has 9 heteroatoms. The summed E-state index contributed by atoms with van der Waals surface area (Å²) in [5.41, 5.74) is -3.78. The molecule has 0 saturated carbocycles. The Kier molecular flexibility index (Phi) is 6.41. The molecule has 0 saturated heterocycles. The van der Waals surface area contributed by atoms with Crippen LogP contribution >= 0.6 is 0 Å². The van der Waals surface area contributed by atoms with Crippen LogP contribution in [-0.4, -0.2) is 30.3 Å². The Labute approximate surface area is 165 Å². The van der Waals surface area contributed by atoms with Crippen LogP contribution in [0.15, 0.2) is 71.0 Å². The van der Waals surface area contributed by atoms with Crippen molar-refractivity contribution in [3.63, 3.8) is 0 Å². The molecule has 0 amide bonds. The number of benzene rings is 1. The first-order valence-electron chi connectivity index (χ1n) is 8.52. The lowest BCUT2D eigenvalue weighted by atomic mass is 9.82. The topological polar surface area (TPSA) is 63.0 Å². The highest BCUT2D eigenvalue weighted by Gasteiger charge is 2.50. The van der Waals surface area contributed by atoms with Gasteiger partial charge in [0.2, 0.25) is 0 Å². The maximum absolute atomic E-state index is 13.9. The van der Waals surface area contributed by atoms with Crippen LogP contribution in [0.4, 0.5) is 17.6 Å². The molecule has 2 rings (SSSR count). The minimum absolute atomic E-state index is 0.0157. The number of rotatable bonds is 6. The Bertz CT molecular complexity index is 915. The molecule has 1 heterocycles. The fourth-order valence-corrected chi connectivity index (χ4v) is 2.86. The number of amidine groups is 1. The zero-order valence-corrected chi connectivity index (χ0v) is 15.8. The SMILES string of the molecule is C=CN=C(C=C)C1=NC(C)(c2ccc(F)cc2)C(C(=O)OCC)=C(C(F)(F)F)N1. The van der Waals surface area contributed by atoms with Crippen LogP contribution in [0, 0.1) is 5.82 Å². The summed E-state index contributed by atoms with van der Waals surface area (Å²) < 4.78 is 60.0. The third kappa shape index (κ3) is 4.44. The largest absolute Gasteiger partial charge is 0.462 e. The van der Waals surface area contributed by atoms with Crippen LogP contribution in [0.1, 0.15) is 19.4 Å². The number of hydrogen-bond donors (Lipinski definition) is 1. The van der Waals surface area contributed by atoms with Crippen molar-refractivity contribution in [2.45, 2.75) is 25.6 Å². The number of halogens is 4. The molecule has 1 unspecified atom stereocenters. The number of nitrogens with one attached hydrogen (secondary N) is 1. The van der Waals surface area contributed by atoms with Gasteiger partial charge in [-0.2, -0.15) is 13.2 Å². The second-order valence-corrected chi connectivity index (χ2v) is 6.03. The van der Waals surface area contributed by atoms with E-state index in [1.54, 1.807) is 0 Å². The first kappa shape index (κ1) is 22.1. The highest BCUT2D eigenvalue weighted by molar-refractivity contribution is 6.46. The fourth-order valence-electron chi connectivity index (χ4n) is 2.86. The van der Waals surface area contributed by atoms with E-state index in [-0.39, 0.29) is 23.7 Å². The van der Waals surface area contributed by atoms with Crippen molar-refractivity contribution in [1.82, 2.24) is 5.32 Å². The summed E-state index contributed by atoms with van der Waals surface area (Å²) in [6.45, 7) is 9.58. The first-order chi connectivity index (χ1) is 13.6. The zero-order valence-electron chi connectivity index (χ0n) is 15.8. The van der Waals surface area contributed by atoms with E-state index >= 15 is 0 Å². The smallest absolute Gasteiger partial charge is 0.431 e. The van der Waals surface area contributed by atoms with Gasteiger partial charge in [-0.1, -0.05) is 25.3 Å². The molecular weight excluding hydrogens is 390 g/mol. The average molecular weight is 409 g/mol. The Morgan fingerprint density at radius 3 is 2.41 bits per heavy atom. The standard InChI is InChI=1S/C20H19F4N3O2/c1-5-14(25-6-2)17-26-16(20(22,23)24)15(18(28)29-7-3)19(4,27-17)12-8-10-13(21)11-9-12/h5-6,8-11H,1-2,7H2,3-4H3,(H,26,27). The predicted molar refractivity (Wildman–Crippen MR) is 102 cm³/mol. The van der Waals surface area contributed by atoms with Gasteiger partial charge in [0.25, 0.3) is 0 Å². The molecule has 29 heavy (non-hydrogen) atoms. The minimum atomic E-state index is -4.94. The number of allylic oxidation sites excluding steroid dienone is 1. The summed E-state index contributed by atoms with van der Waals surface area (Å²) >= 11 is 0. The number of aliphatic imine (C=N–C) groups is 2. The average Bonchev–Trinajstić information content (AvgIpc) is 2.65. The van der Waals surface area contributed by atoms with Gasteiger partial charge in [-0.3, -0.25) is 4.99 Å². The summed E-state index contributed by atoms with van der Waals surface area (Å²) in [5.74, 6) is -2.05. The Morgan fingerprint density at radius 2 is 1.93 bits per heavy atom. The van der Waals surface area contributed by atoms with E-state index in [0.717, 1.165) is 18.3 Å². The molecule has 1 aromatic carbocycles. The molecular formula is C20H19F4N3O2. The van der Waals surface area contributed by atoms with Crippen molar-refractivity contribution in [2.75, 3.05) is 6.61 Å². The van der Waals surface area contributed by atoms with Gasteiger partial charge in [-0.05, 0) is 37.6 Å². The minimum Gasteiger partial charge on any atom is -0.462 e. The molecule has 0 fully saturated rings. The number of alkyl halides is 3. The second-order valence-electron chi connectivity index (χ2n) is 6.03. The van der Waals surface area contributed by atoms with Crippen molar-refractivity contribution in [3.8, 4) is 0 Å². The Morgan fingerprint density at radius 1 is 1.31 bits per heavy atom. The number of ether oxygens (including phenoxy) is 1. The quantitative estimate of drug-likeness (QED) is 0.435. The molecule has 0 radical (unpaired) electrons. The van der Waals surface area contributed by atoms with Crippen molar-refractivity contribution >= 4 is 17.5 Å². The van der Waals surface area contributed by atoms with Crippen LogP contribution in [0.3, 0.4) is 0 Å². The molecule has 154 valence electrons. The molecule has 1 atom stereocenters. The number of hydrogen-bond acceptors (Lipinski definition) is 5. The monoisotopic (exact) mass is 409 g/mol. The van der Waals surface area contributed by atoms with Gasteiger partial charge < -0.3 is 10.1 Å². The zero-order chi connectivity index (χ0) is 21.8. The summed E-state index contributed by atoms with van der Waals surface area (Å²) in [5, 5.41) is 2.13. The highest BCUT2D eigenvalue weighted by Crippen LogP contribution is 2.42. The van der Waals surface area contributed by atoms with Gasteiger partial charge >= 0.3 is 12.1 Å². The third-order valence-corrected chi connectivity index (χ3v) is 4.15. The molecule has 0 bridgehead atoms. The van der Waals surface area contributed by atoms with E-state index in [0.29, 0.717) is 0 Å². The summed E-state index contributed by atoms with van der Waals surface area (Å²) in [7, 11) is 0. The van der Waals surface area contributed by atoms with Crippen molar-refractivity contribution in [1.29, 1.82) is 0 Å². The van der Waals surface area contributed by atoms with E-state index in [1.165, 1.54) is 32.1 Å². The van der Waals surface area contributed by atoms with Gasteiger partial charge in [0, 0.05) is 6.20 Å². The van der Waals surface area contributed by atoms with Gasteiger partial charge in [-0.15, -0.1) is 0 Å². The molecule has 1 aliphatic heterocycles. The Balaban J connectivity index is 2.86. The van der Waals surface area contributed by atoms with Crippen molar-refractivity contribution < 1.29 is 27.1 Å². The molecule has 0 aromatic heterocycles. The molecule has 0 aliphatic carbocycles. The lowest BCUT2D eigenvalue weighted by molar-refractivity contribution is -0.141. The van der Waals surface area contributed by atoms with Crippen LogP contribution in [0.5, 0.6) is 0 Å². The van der Waals surface area contributed by atoms with Gasteiger partial charge in [0.05, 0.1) is 12.2 Å². The van der Waals surface area contributed by atoms with E-state index in [9.17, 15) is 22.4 Å². The maximum Gasteiger partial charge on any atom is 0.431 e. The molecule has 1 N–H and O–H groups in total. The first-order valence-corrected chi connectivity index (χ1v) is 8.52. The summed E-state index contributed by atoms with van der Waals surface area (Å²) in [4.78, 5) is 20.7. The second kappa shape index (κ2) is 8.42. The van der Waals surface area contributed by atoms with E-state index in [4.69, 9.17) is 4.74 Å². The highest BCUT2D eigenvalue weighted by atomic mass is 19.4. The van der Waals surface area contributed by atoms with Crippen LogP contribution in [-0.2, 0) is 15.1 Å². The van der Waals surface area contributed by atoms with E-state index in [2.05, 4.69) is 28.5 Å². The van der Waals surface area contributed by atoms with Crippen LogP contribution < -0.4 is 5.32 Å². The van der Waals surface area contributed by atoms with E-state index < -0.39 is 34.8 Å². The third-order valence-electron chi connectivity index (χ3n) is 4.15. The van der Waals surface area contributed by atoms with Crippen LogP contribution in [0.2, 0.25) is 0 Å². The molecule has 5 nitrogen and oxygen atoms in total. The number of carbonyl (C=O) groups excluding carboxylic acids is 1. The lowest BCUT2D eigenvalue weighted by Gasteiger charge is -2.35. The predicted octanol–water partition coefficient (Wildman–Crippen LogP) is 4.19. The van der Waals surface area contributed by atoms with Gasteiger partial charge in [0.1, 0.15) is 22.8 Å². The van der Waals surface area contributed by atoms with Gasteiger partial charge in [-0.25, -0.2) is 14.2 Å². The van der Waals surface area contributed by atoms with E-state index in [1.807, 2.05) is 0 Å². The lowest BCUT2D eigenvalue weighted by Crippen LogP contribution is -2.47. The normalized spacial score (nSPS) is 19.9. The molecule has 0 spiro atoms. The van der Waals surface area contributed by atoms with Crippen molar-refractivity contribution in [3.05, 3.63) is 72.4 Å². The molecule has 1 aliphatic rings. The van der Waals surface area contributed by atoms with Crippen molar-refractivity contribution in [2.24, 2.45) is 9.98 Å². The Hall–Kier alpha value is -3.23. The number of nitrogens with zero attached hydrogens (tertiary/aromatic N) is 2. The summed E-state index contributed by atoms with van der Waals surface area (Å²) in [6, 6.07) is 4.65. The number of carbonyl (C=O) groups is 1. The van der Waals surface area contributed by atoms with Crippen LogP contribution in [0.25, 0.3) is 0 Å². The maximum atomic E-state index is 13.9. The number of esters is 1.